The van der Waals surface area contributed by atoms with Gasteiger partial charge in [0.25, 0.3) is 0 Å². The molecule has 1 aliphatic carbocycles. The summed E-state index contributed by atoms with van der Waals surface area (Å²) in [6.45, 7) is 7.18. The molecule has 1 aromatic carbocycles. The highest BCUT2D eigenvalue weighted by molar-refractivity contribution is 5.58. The van der Waals surface area contributed by atoms with Crippen LogP contribution in [0.25, 0.3) is 0 Å². The number of piperazine rings is 1. The number of rotatable bonds is 7. The highest BCUT2D eigenvalue weighted by Crippen LogP contribution is 2.38. The minimum atomic E-state index is -4.63. The topological polar surface area (TPSA) is 70.1 Å². The van der Waals surface area contributed by atoms with Gasteiger partial charge in [-0.3, -0.25) is 0 Å². The summed E-state index contributed by atoms with van der Waals surface area (Å²) in [6, 6.07) is 9.40. The molecular weight excluding hydrogens is 447 g/mol. The Morgan fingerprint density at radius 2 is 1.82 bits per heavy atom. The summed E-state index contributed by atoms with van der Waals surface area (Å²) >= 11 is 0. The first-order chi connectivity index (χ1) is 16.4. The Morgan fingerprint density at radius 1 is 1.09 bits per heavy atom. The maximum atomic E-state index is 13.2. The molecule has 2 fully saturated rings. The number of halogens is 3. The molecule has 2 aliphatic rings. The van der Waals surface area contributed by atoms with Crippen molar-refractivity contribution in [3.05, 3.63) is 46.9 Å². The van der Waals surface area contributed by atoms with Crippen molar-refractivity contribution in [2.45, 2.75) is 50.9 Å². The van der Waals surface area contributed by atoms with Crippen LogP contribution < -0.4 is 15.0 Å². The van der Waals surface area contributed by atoms with E-state index in [4.69, 9.17) is 9.72 Å². The number of nitroso groups, excluding NO2 is 1. The molecule has 0 unspecified atom stereocenters. The van der Waals surface area contributed by atoms with Gasteiger partial charge in [-0.1, -0.05) is 13.0 Å². The number of ether oxygens (including phenoxy) is 1. The van der Waals surface area contributed by atoms with Crippen LogP contribution in [0.3, 0.4) is 0 Å². The molecule has 0 spiro atoms. The zero-order chi connectivity index (χ0) is 24.1. The first-order valence-corrected chi connectivity index (χ1v) is 11.8. The van der Waals surface area contributed by atoms with E-state index in [2.05, 4.69) is 27.2 Å². The predicted octanol–water partition coefficient (Wildman–Crippen LogP) is 5.44. The zero-order valence-corrected chi connectivity index (χ0v) is 19.2. The second kappa shape index (κ2) is 10.6. The van der Waals surface area contributed by atoms with Crippen molar-refractivity contribution in [2.75, 3.05) is 42.9 Å². The number of aromatic nitrogens is 1. The number of benzene rings is 1. The molecule has 34 heavy (non-hydrogen) atoms. The summed E-state index contributed by atoms with van der Waals surface area (Å²) in [5.74, 6) is 1.54. The first kappa shape index (κ1) is 24.3. The Kier molecular flexibility index (Phi) is 7.55. The van der Waals surface area contributed by atoms with E-state index in [0.717, 1.165) is 76.4 Å². The predicted molar refractivity (Wildman–Crippen MR) is 126 cm³/mol. The average Bonchev–Trinajstić information content (AvgIpc) is 2.85. The van der Waals surface area contributed by atoms with E-state index in [1.165, 1.54) is 6.07 Å². The lowest BCUT2D eigenvalue weighted by Gasteiger charge is -2.35. The van der Waals surface area contributed by atoms with E-state index < -0.39 is 17.4 Å². The minimum absolute atomic E-state index is 0.0186. The molecule has 1 N–H and O–H groups in total. The molecule has 0 radical (unpaired) electrons. The third-order valence-corrected chi connectivity index (χ3v) is 6.59. The van der Waals surface area contributed by atoms with Crippen LogP contribution in [-0.2, 0) is 6.18 Å². The van der Waals surface area contributed by atoms with Crippen LogP contribution in [0, 0.1) is 4.91 Å². The quantitative estimate of drug-likeness (QED) is 0.536. The highest BCUT2D eigenvalue weighted by Gasteiger charge is 2.34. The summed E-state index contributed by atoms with van der Waals surface area (Å²) in [4.78, 5) is 20.1. The van der Waals surface area contributed by atoms with Crippen molar-refractivity contribution in [1.29, 1.82) is 0 Å². The van der Waals surface area contributed by atoms with Crippen LogP contribution in [0.1, 0.15) is 38.2 Å². The van der Waals surface area contributed by atoms with Crippen molar-refractivity contribution in [3.63, 3.8) is 0 Å². The van der Waals surface area contributed by atoms with E-state index in [9.17, 15) is 18.1 Å². The molecule has 184 valence electrons. The lowest BCUT2D eigenvalue weighted by atomic mass is 9.92. The van der Waals surface area contributed by atoms with Gasteiger partial charge in [0, 0.05) is 44.0 Å². The summed E-state index contributed by atoms with van der Waals surface area (Å²) in [5.41, 5.74) is -1.29. The van der Waals surface area contributed by atoms with Gasteiger partial charge in [-0.15, -0.1) is 4.91 Å². The lowest BCUT2D eigenvalue weighted by molar-refractivity contribution is -0.137. The van der Waals surface area contributed by atoms with Gasteiger partial charge in [0.05, 0.1) is 5.56 Å². The van der Waals surface area contributed by atoms with Gasteiger partial charge >= 0.3 is 6.18 Å². The van der Waals surface area contributed by atoms with Crippen LogP contribution in [0.4, 0.5) is 30.4 Å². The number of likely N-dealkylation sites (N-methyl/N-ethyl adjacent to an activating group) is 1. The van der Waals surface area contributed by atoms with Gasteiger partial charge in [0.2, 0.25) is 5.88 Å². The van der Waals surface area contributed by atoms with E-state index >= 15 is 0 Å². The summed E-state index contributed by atoms with van der Waals surface area (Å²) in [6.07, 6.45) is -1.53. The Morgan fingerprint density at radius 3 is 2.47 bits per heavy atom. The normalized spacial score (nSPS) is 21.8. The Bertz CT molecular complexity index is 971. The number of alkyl halides is 3. The number of hydrogen-bond donors (Lipinski definition) is 1. The van der Waals surface area contributed by atoms with Gasteiger partial charge in [0.1, 0.15) is 17.6 Å². The zero-order valence-electron chi connectivity index (χ0n) is 19.2. The number of anilines is 2. The standard InChI is InChI=1S/C24H30F3N5O2/c1-2-31-12-14-32(15-13-31)22-4-3-5-23(29-22)34-19-9-6-17(7-10-19)28-18-8-11-21(30-33)20(16-18)24(25,26)27/h3-5,8,11,16-17,19,28H,2,6-7,9-10,12-15H2,1H3/t17-,19-. The Labute approximate surface area is 197 Å². The highest BCUT2D eigenvalue weighted by atomic mass is 19.4. The van der Waals surface area contributed by atoms with Gasteiger partial charge in [-0.05, 0) is 61.7 Å². The third-order valence-electron chi connectivity index (χ3n) is 6.59. The van der Waals surface area contributed by atoms with E-state index in [0.29, 0.717) is 11.6 Å². The van der Waals surface area contributed by atoms with Crippen LogP contribution >= 0.6 is 0 Å². The molecule has 0 bridgehead atoms. The second-order valence-electron chi connectivity index (χ2n) is 8.81. The van der Waals surface area contributed by atoms with Crippen LogP contribution in [0.2, 0.25) is 0 Å². The number of pyridine rings is 1. The molecule has 1 aromatic heterocycles. The largest absolute Gasteiger partial charge is 0.474 e. The summed E-state index contributed by atoms with van der Waals surface area (Å²) in [7, 11) is 0. The maximum absolute atomic E-state index is 13.2. The number of hydrogen-bond acceptors (Lipinski definition) is 7. The fraction of sp³-hybridized carbons (Fsp3) is 0.542. The lowest BCUT2D eigenvalue weighted by Crippen LogP contribution is -2.46. The third kappa shape index (κ3) is 5.97. The molecule has 2 heterocycles. The smallest absolute Gasteiger partial charge is 0.418 e. The molecule has 2 aromatic rings. The van der Waals surface area contributed by atoms with E-state index in [-0.39, 0.29) is 12.1 Å². The fourth-order valence-corrected chi connectivity index (χ4v) is 4.60. The average molecular weight is 478 g/mol. The minimum Gasteiger partial charge on any atom is -0.474 e. The van der Waals surface area contributed by atoms with E-state index in [1.807, 2.05) is 18.2 Å². The molecule has 1 saturated carbocycles. The molecule has 1 saturated heterocycles. The maximum Gasteiger partial charge on any atom is 0.418 e. The number of nitrogens with one attached hydrogen (secondary N) is 1. The van der Waals surface area contributed by atoms with Gasteiger partial charge in [-0.25, -0.2) is 0 Å². The first-order valence-electron chi connectivity index (χ1n) is 11.8. The molecule has 1 aliphatic heterocycles. The van der Waals surface area contributed by atoms with Gasteiger partial charge in [0.15, 0.2) is 0 Å². The van der Waals surface area contributed by atoms with Crippen LogP contribution in [0.15, 0.2) is 41.6 Å². The van der Waals surface area contributed by atoms with Crippen molar-refractivity contribution in [3.8, 4) is 5.88 Å². The molecule has 0 atom stereocenters. The van der Waals surface area contributed by atoms with Crippen molar-refractivity contribution in [2.24, 2.45) is 5.18 Å². The van der Waals surface area contributed by atoms with Crippen molar-refractivity contribution in [1.82, 2.24) is 9.88 Å². The van der Waals surface area contributed by atoms with Gasteiger partial charge < -0.3 is 19.9 Å². The van der Waals surface area contributed by atoms with Crippen LogP contribution in [-0.4, -0.2) is 54.8 Å². The Balaban J connectivity index is 1.30. The fourth-order valence-electron chi connectivity index (χ4n) is 4.60. The molecule has 10 heteroatoms. The Hall–Kier alpha value is -2.88. The molecular formula is C24H30F3N5O2. The number of nitrogens with zero attached hydrogens (tertiary/aromatic N) is 4. The summed E-state index contributed by atoms with van der Waals surface area (Å²) in [5, 5.41) is 5.66. The molecule has 7 nitrogen and oxygen atoms in total. The van der Waals surface area contributed by atoms with Crippen molar-refractivity contribution >= 4 is 17.2 Å². The van der Waals surface area contributed by atoms with Gasteiger partial charge in [-0.2, -0.15) is 18.2 Å². The molecule has 0 amide bonds. The monoisotopic (exact) mass is 477 g/mol. The SMILES string of the molecule is CCN1CCN(c2cccc(O[C@H]3CC[C@H](Nc4ccc(N=O)c(C(F)(F)F)c4)CC3)n2)CC1. The van der Waals surface area contributed by atoms with Crippen LogP contribution in [0.5, 0.6) is 5.88 Å². The summed E-state index contributed by atoms with van der Waals surface area (Å²) < 4.78 is 45.7. The second-order valence-corrected chi connectivity index (χ2v) is 8.81. The van der Waals surface area contributed by atoms with E-state index in [1.54, 1.807) is 0 Å². The molecule has 4 rings (SSSR count). The van der Waals surface area contributed by atoms with Crippen molar-refractivity contribution < 1.29 is 17.9 Å².